The zero-order chi connectivity index (χ0) is 21.0. The molecule has 152 valence electrons. The van der Waals surface area contributed by atoms with Crippen LogP contribution in [0.5, 0.6) is 0 Å². The Morgan fingerprint density at radius 1 is 0.786 bits per heavy atom. The third-order valence-corrected chi connectivity index (χ3v) is 7.27. The number of halogens is 4. The topological polar surface area (TPSA) is 23.6 Å². The number of Topliss-reactive ketones (excluding diaryl/α,β-unsaturated/α-hetero) is 1. The van der Waals surface area contributed by atoms with E-state index in [1.54, 1.807) is 0 Å². The molecular weight excluding hydrogens is 616 g/mol. The molecule has 0 N–H and O–H groups in total. The van der Waals surface area contributed by atoms with Gasteiger partial charge in [-0.25, -0.2) is 0 Å². The van der Waals surface area contributed by atoms with Crippen molar-refractivity contribution in [1.29, 1.82) is 0 Å². The van der Waals surface area contributed by atoms with E-state index in [4.69, 9.17) is 0 Å². The van der Waals surface area contributed by atoms with E-state index >= 15 is 0 Å². The lowest BCUT2D eigenvalue weighted by atomic mass is 9.85. The maximum absolute atomic E-state index is 13.5. The van der Waals surface area contributed by atoms with Crippen molar-refractivity contribution in [3.63, 3.8) is 0 Å². The SMILES string of the molecule is CN(C)c1ccc(C(CBr)C(=O)C(CBr)c2ccc(N(C)C)c(Br)c2)cc1Br. The van der Waals surface area contributed by atoms with E-state index in [9.17, 15) is 4.79 Å². The average Bonchev–Trinajstić information content (AvgIpc) is 2.62. The maximum atomic E-state index is 13.5. The van der Waals surface area contributed by atoms with Gasteiger partial charge < -0.3 is 9.80 Å². The molecule has 0 heterocycles. The second-order valence-electron chi connectivity index (χ2n) is 7.03. The Labute approximate surface area is 201 Å². The van der Waals surface area contributed by atoms with Crippen molar-refractivity contribution in [3.8, 4) is 0 Å². The first kappa shape index (κ1) is 23.9. The molecule has 3 nitrogen and oxygen atoms in total. The fourth-order valence-corrected chi connectivity index (χ4v) is 5.99. The summed E-state index contributed by atoms with van der Waals surface area (Å²) in [6, 6.07) is 12.3. The highest BCUT2D eigenvalue weighted by Gasteiger charge is 2.29. The van der Waals surface area contributed by atoms with Crippen LogP contribution in [0.1, 0.15) is 23.0 Å². The molecule has 2 unspecified atom stereocenters. The predicted molar refractivity (Wildman–Crippen MR) is 135 cm³/mol. The lowest BCUT2D eigenvalue weighted by Gasteiger charge is -2.23. The second-order valence-corrected chi connectivity index (χ2v) is 10.0. The first-order valence-corrected chi connectivity index (χ1v) is 12.6. The van der Waals surface area contributed by atoms with Gasteiger partial charge in [0, 0.05) is 47.8 Å². The minimum Gasteiger partial charge on any atom is -0.377 e. The molecule has 0 radical (unpaired) electrons. The smallest absolute Gasteiger partial charge is 0.149 e. The predicted octanol–water partition coefficient (Wildman–Crippen LogP) is 6.57. The lowest BCUT2D eigenvalue weighted by Crippen LogP contribution is -2.23. The minimum atomic E-state index is -0.220. The van der Waals surface area contributed by atoms with Gasteiger partial charge in [0.2, 0.25) is 0 Å². The van der Waals surface area contributed by atoms with E-state index in [0.717, 1.165) is 31.4 Å². The number of benzene rings is 2. The van der Waals surface area contributed by atoms with E-state index in [0.29, 0.717) is 10.7 Å². The summed E-state index contributed by atoms with van der Waals surface area (Å²) in [5, 5.41) is 1.17. The Kier molecular flexibility index (Phi) is 9.05. The third-order valence-electron chi connectivity index (χ3n) is 4.71. The quantitative estimate of drug-likeness (QED) is 0.306. The number of anilines is 2. The second kappa shape index (κ2) is 10.6. The molecule has 0 aromatic heterocycles. The number of carbonyl (C=O) groups excluding carboxylic acids is 1. The number of hydrogen-bond acceptors (Lipinski definition) is 3. The summed E-state index contributed by atoms with van der Waals surface area (Å²) in [4.78, 5) is 17.5. The molecule has 0 bridgehead atoms. The van der Waals surface area contributed by atoms with Crippen molar-refractivity contribution >= 4 is 80.9 Å². The molecule has 2 atom stereocenters. The van der Waals surface area contributed by atoms with Crippen molar-refractivity contribution in [1.82, 2.24) is 0 Å². The van der Waals surface area contributed by atoms with Crippen molar-refractivity contribution in [2.45, 2.75) is 11.8 Å². The number of rotatable bonds is 8. The van der Waals surface area contributed by atoms with E-state index < -0.39 is 0 Å². The van der Waals surface area contributed by atoms with Gasteiger partial charge in [-0.1, -0.05) is 44.0 Å². The number of alkyl halides is 2. The summed E-state index contributed by atoms with van der Waals surface area (Å²) < 4.78 is 1.98. The molecule has 2 aromatic rings. The van der Waals surface area contributed by atoms with Gasteiger partial charge in [-0.05, 0) is 67.3 Å². The van der Waals surface area contributed by atoms with Gasteiger partial charge in [0.05, 0.1) is 23.2 Å². The fraction of sp³-hybridized carbons (Fsp3) is 0.381. The molecule has 28 heavy (non-hydrogen) atoms. The van der Waals surface area contributed by atoms with Crippen LogP contribution in [0.25, 0.3) is 0 Å². The molecule has 0 saturated heterocycles. The standard InChI is InChI=1S/C21H24Br4N2O/c1-26(2)19-7-5-13(9-17(19)24)15(11-22)21(28)16(12-23)14-6-8-20(27(3)4)18(25)10-14/h5-10,15-16H,11-12H2,1-4H3. The molecule has 0 aliphatic heterocycles. The largest absolute Gasteiger partial charge is 0.377 e. The molecule has 7 heteroatoms. The first-order valence-electron chi connectivity index (χ1n) is 8.80. The zero-order valence-corrected chi connectivity index (χ0v) is 22.7. The van der Waals surface area contributed by atoms with Crippen molar-refractivity contribution in [2.75, 3.05) is 48.7 Å². The van der Waals surface area contributed by atoms with Crippen molar-refractivity contribution in [2.24, 2.45) is 0 Å². The summed E-state index contributed by atoms with van der Waals surface area (Å²) in [6.45, 7) is 0. The highest BCUT2D eigenvalue weighted by molar-refractivity contribution is 9.11. The fourth-order valence-electron chi connectivity index (χ4n) is 3.11. The Hall–Kier alpha value is -0.370. The van der Waals surface area contributed by atoms with Crippen LogP contribution >= 0.6 is 63.7 Å². The van der Waals surface area contributed by atoms with Crippen molar-refractivity contribution < 1.29 is 4.79 Å². The monoisotopic (exact) mass is 636 g/mol. The summed E-state index contributed by atoms with van der Waals surface area (Å²) in [5.41, 5.74) is 4.19. The summed E-state index contributed by atoms with van der Waals surface area (Å²) in [6.07, 6.45) is 0. The summed E-state index contributed by atoms with van der Waals surface area (Å²) >= 11 is 14.4. The van der Waals surface area contributed by atoms with Gasteiger partial charge in [-0.2, -0.15) is 0 Å². The lowest BCUT2D eigenvalue weighted by molar-refractivity contribution is -0.121. The minimum absolute atomic E-state index is 0.197. The van der Waals surface area contributed by atoms with Crippen LogP contribution in [-0.4, -0.2) is 44.6 Å². The summed E-state index contributed by atoms with van der Waals surface area (Å²) in [5.74, 6) is -0.243. The van der Waals surface area contributed by atoms with Crippen LogP contribution in [0.3, 0.4) is 0 Å². The molecule has 0 fully saturated rings. The van der Waals surface area contributed by atoms with Gasteiger partial charge in [-0.3, -0.25) is 4.79 Å². The molecule has 0 saturated carbocycles. The average molecular weight is 640 g/mol. The maximum Gasteiger partial charge on any atom is 0.149 e. The van der Waals surface area contributed by atoms with Gasteiger partial charge in [-0.15, -0.1) is 0 Å². The molecule has 2 aromatic carbocycles. The van der Waals surface area contributed by atoms with E-state index in [1.807, 2.05) is 62.3 Å². The van der Waals surface area contributed by atoms with E-state index in [2.05, 4.69) is 75.9 Å². The zero-order valence-electron chi connectivity index (χ0n) is 16.3. The normalized spacial score (nSPS) is 13.1. The highest BCUT2D eigenvalue weighted by atomic mass is 79.9. The Bertz CT molecular complexity index is 772. The van der Waals surface area contributed by atoms with Crippen LogP contribution in [0, 0.1) is 0 Å². The van der Waals surface area contributed by atoms with Gasteiger partial charge in [0.1, 0.15) is 5.78 Å². The Balaban J connectivity index is 2.37. The molecular formula is C21H24Br4N2O. The van der Waals surface area contributed by atoms with Gasteiger partial charge in [0.15, 0.2) is 0 Å². The molecule has 0 aliphatic carbocycles. The van der Waals surface area contributed by atoms with E-state index in [1.165, 1.54) is 0 Å². The van der Waals surface area contributed by atoms with E-state index in [-0.39, 0.29) is 17.6 Å². The molecule has 0 amide bonds. The summed E-state index contributed by atoms with van der Waals surface area (Å²) in [7, 11) is 8.01. The van der Waals surface area contributed by atoms with Gasteiger partial charge >= 0.3 is 0 Å². The van der Waals surface area contributed by atoms with Crippen molar-refractivity contribution in [3.05, 3.63) is 56.5 Å². The van der Waals surface area contributed by atoms with Crippen LogP contribution < -0.4 is 9.80 Å². The van der Waals surface area contributed by atoms with Crippen LogP contribution in [-0.2, 0) is 4.79 Å². The van der Waals surface area contributed by atoms with Crippen LogP contribution in [0.4, 0.5) is 11.4 Å². The number of carbonyl (C=O) groups is 1. The highest BCUT2D eigenvalue weighted by Crippen LogP contribution is 2.35. The molecule has 0 spiro atoms. The van der Waals surface area contributed by atoms with Crippen LogP contribution in [0.2, 0.25) is 0 Å². The molecule has 2 rings (SSSR count). The first-order chi connectivity index (χ1) is 13.2. The van der Waals surface area contributed by atoms with Gasteiger partial charge in [0.25, 0.3) is 0 Å². The Morgan fingerprint density at radius 2 is 1.14 bits per heavy atom. The molecule has 0 aliphatic rings. The third kappa shape index (κ3) is 5.41. The number of nitrogens with zero attached hydrogens (tertiary/aromatic N) is 2. The van der Waals surface area contributed by atoms with Crippen LogP contribution in [0.15, 0.2) is 45.3 Å². The number of hydrogen-bond donors (Lipinski definition) is 0. The number of ketones is 1. The Morgan fingerprint density at radius 3 is 1.39 bits per heavy atom.